The van der Waals surface area contributed by atoms with Gasteiger partial charge in [-0.1, -0.05) is 41.4 Å². The number of ether oxygens (including phenoxy) is 1. The zero-order valence-electron chi connectivity index (χ0n) is 14.6. The minimum atomic E-state index is -0.442. The third-order valence-corrected chi connectivity index (χ3v) is 4.19. The van der Waals surface area contributed by atoms with Crippen LogP contribution in [0.4, 0.5) is 4.79 Å². The van der Waals surface area contributed by atoms with Crippen molar-refractivity contribution >= 4 is 29.6 Å². The molecule has 0 aliphatic carbocycles. The molecule has 5 nitrogen and oxygen atoms in total. The molecular weight excluding hydrogens is 352 g/mol. The summed E-state index contributed by atoms with van der Waals surface area (Å²) in [4.78, 5) is 26.1. The molecule has 6 heteroatoms. The molecule has 1 aliphatic rings. The number of amides is 3. The highest BCUT2D eigenvalue weighted by atomic mass is 35.5. The number of carbonyl (C=O) groups excluding carboxylic acids is 2. The summed E-state index contributed by atoms with van der Waals surface area (Å²) in [6.07, 6.45) is 1.59. The van der Waals surface area contributed by atoms with Gasteiger partial charge < -0.3 is 10.1 Å². The van der Waals surface area contributed by atoms with Crippen molar-refractivity contribution in [3.05, 3.63) is 69.9 Å². The molecule has 134 valence electrons. The van der Waals surface area contributed by atoms with E-state index in [1.807, 2.05) is 38.1 Å². The number of nitrogens with one attached hydrogen (secondary N) is 1. The molecule has 1 saturated heterocycles. The Kier molecular flexibility index (Phi) is 5.28. The van der Waals surface area contributed by atoms with E-state index in [0.29, 0.717) is 22.9 Å². The summed E-state index contributed by atoms with van der Waals surface area (Å²) in [5.41, 5.74) is 2.81. The number of rotatable bonds is 5. The number of hydrogen-bond acceptors (Lipinski definition) is 3. The van der Waals surface area contributed by atoms with Crippen molar-refractivity contribution in [2.45, 2.75) is 20.4 Å². The molecule has 3 rings (SSSR count). The quantitative estimate of drug-likeness (QED) is 0.635. The van der Waals surface area contributed by atoms with E-state index in [1.54, 1.807) is 24.3 Å². The van der Waals surface area contributed by atoms with Crippen LogP contribution in [0.15, 0.2) is 48.2 Å². The van der Waals surface area contributed by atoms with Gasteiger partial charge in [0.05, 0.1) is 13.2 Å². The maximum Gasteiger partial charge on any atom is 0.329 e. The van der Waals surface area contributed by atoms with Gasteiger partial charge >= 0.3 is 6.03 Å². The van der Waals surface area contributed by atoms with E-state index in [1.165, 1.54) is 4.90 Å². The summed E-state index contributed by atoms with van der Waals surface area (Å²) in [5.74, 6) is 0.225. The van der Waals surface area contributed by atoms with E-state index in [2.05, 4.69) is 5.32 Å². The second-order valence-corrected chi connectivity index (χ2v) is 6.42. The van der Waals surface area contributed by atoms with E-state index in [9.17, 15) is 9.59 Å². The van der Waals surface area contributed by atoms with Crippen LogP contribution in [0.1, 0.15) is 23.6 Å². The fraction of sp³-hybridized carbons (Fsp3) is 0.200. The van der Waals surface area contributed by atoms with Crippen LogP contribution < -0.4 is 10.1 Å². The lowest BCUT2D eigenvalue weighted by molar-refractivity contribution is -0.123. The third kappa shape index (κ3) is 3.89. The molecule has 3 amide bonds. The minimum absolute atomic E-state index is 0.200. The zero-order chi connectivity index (χ0) is 18.7. The Morgan fingerprint density at radius 3 is 2.73 bits per heavy atom. The third-order valence-electron chi connectivity index (χ3n) is 3.96. The summed E-state index contributed by atoms with van der Waals surface area (Å²) in [6.45, 7) is 4.54. The van der Waals surface area contributed by atoms with E-state index < -0.39 is 6.03 Å². The minimum Gasteiger partial charge on any atom is -0.493 e. The normalized spacial score (nSPS) is 15.5. The maximum atomic E-state index is 12.7. The van der Waals surface area contributed by atoms with Gasteiger partial charge in [-0.15, -0.1) is 0 Å². The Morgan fingerprint density at radius 2 is 2.00 bits per heavy atom. The highest BCUT2D eigenvalue weighted by Crippen LogP contribution is 2.26. The Labute approximate surface area is 157 Å². The largest absolute Gasteiger partial charge is 0.493 e. The highest BCUT2D eigenvalue weighted by Gasteiger charge is 2.33. The van der Waals surface area contributed by atoms with Crippen LogP contribution in [0.3, 0.4) is 0 Å². The van der Waals surface area contributed by atoms with Gasteiger partial charge in [0.1, 0.15) is 11.4 Å². The molecule has 26 heavy (non-hydrogen) atoms. The van der Waals surface area contributed by atoms with E-state index >= 15 is 0 Å². The molecule has 1 aliphatic heterocycles. The summed E-state index contributed by atoms with van der Waals surface area (Å²) >= 11 is 6.05. The first-order chi connectivity index (χ1) is 12.5. The van der Waals surface area contributed by atoms with E-state index in [-0.39, 0.29) is 18.1 Å². The molecule has 0 aromatic heterocycles. The molecule has 1 N–H and O–H groups in total. The second-order valence-electron chi connectivity index (χ2n) is 5.98. The SMILES string of the molecule is CCOc1ccc(Cl)cc1/C=C1\NC(=O)N(Cc2cccc(C)c2)C1=O. The van der Waals surface area contributed by atoms with Crippen molar-refractivity contribution in [3.8, 4) is 5.75 Å². The maximum absolute atomic E-state index is 12.7. The van der Waals surface area contributed by atoms with Gasteiger partial charge in [0.15, 0.2) is 0 Å². The monoisotopic (exact) mass is 370 g/mol. The average Bonchev–Trinajstić information content (AvgIpc) is 2.85. The van der Waals surface area contributed by atoms with Gasteiger partial charge in [0.2, 0.25) is 0 Å². The van der Waals surface area contributed by atoms with Crippen molar-refractivity contribution < 1.29 is 14.3 Å². The first-order valence-electron chi connectivity index (χ1n) is 8.30. The standard InChI is InChI=1S/C20H19ClN2O3/c1-3-26-18-8-7-16(21)10-15(18)11-17-19(24)23(20(25)22-17)12-14-6-4-5-13(2)9-14/h4-11H,3,12H2,1-2H3,(H,22,25)/b17-11-. The van der Waals surface area contributed by atoms with Crippen molar-refractivity contribution in [2.75, 3.05) is 6.61 Å². The first kappa shape index (κ1) is 18.0. The lowest BCUT2D eigenvalue weighted by atomic mass is 10.1. The van der Waals surface area contributed by atoms with Gasteiger partial charge in [0, 0.05) is 10.6 Å². The number of halogens is 1. The molecule has 1 heterocycles. The molecule has 0 atom stereocenters. The predicted molar refractivity (Wildman–Crippen MR) is 101 cm³/mol. The zero-order valence-corrected chi connectivity index (χ0v) is 15.3. The fourth-order valence-corrected chi connectivity index (χ4v) is 2.96. The van der Waals surface area contributed by atoms with E-state index in [0.717, 1.165) is 11.1 Å². The Bertz CT molecular complexity index is 892. The molecule has 0 radical (unpaired) electrons. The molecule has 0 saturated carbocycles. The number of carbonyl (C=O) groups is 2. The van der Waals surface area contributed by atoms with Crippen molar-refractivity contribution in [2.24, 2.45) is 0 Å². The summed E-state index contributed by atoms with van der Waals surface area (Å²) in [5, 5.41) is 3.15. The van der Waals surface area contributed by atoms with Crippen molar-refractivity contribution in [3.63, 3.8) is 0 Å². The van der Waals surface area contributed by atoms with Crippen LogP contribution in [0.25, 0.3) is 6.08 Å². The fourth-order valence-electron chi connectivity index (χ4n) is 2.78. The molecule has 0 bridgehead atoms. The number of benzene rings is 2. The first-order valence-corrected chi connectivity index (χ1v) is 8.68. The lowest BCUT2D eigenvalue weighted by Crippen LogP contribution is -2.30. The summed E-state index contributed by atoms with van der Waals surface area (Å²) in [6, 6.07) is 12.4. The highest BCUT2D eigenvalue weighted by molar-refractivity contribution is 6.30. The van der Waals surface area contributed by atoms with Crippen LogP contribution in [-0.4, -0.2) is 23.4 Å². The summed E-state index contributed by atoms with van der Waals surface area (Å²) < 4.78 is 5.56. The van der Waals surface area contributed by atoms with Crippen LogP contribution in [0.5, 0.6) is 5.75 Å². The number of aryl methyl sites for hydroxylation is 1. The van der Waals surface area contributed by atoms with Crippen LogP contribution in [0.2, 0.25) is 5.02 Å². The average molecular weight is 371 g/mol. The van der Waals surface area contributed by atoms with Gasteiger partial charge in [0.25, 0.3) is 5.91 Å². The van der Waals surface area contributed by atoms with Gasteiger partial charge in [-0.3, -0.25) is 9.69 Å². The molecule has 2 aromatic carbocycles. The van der Waals surface area contributed by atoms with Crippen LogP contribution in [0, 0.1) is 6.92 Å². The second kappa shape index (κ2) is 7.62. The van der Waals surface area contributed by atoms with Gasteiger partial charge in [-0.05, 0) is 43.7 Å². The topological polar surface area (TPSA) is 58.6 Å². The van der Waals surface area contributed by atoms with Gasteiger partial charge in [-0.25, -0.2) is 4.79 Å². The van der Waals surface area contributed by atoms with Crippen molar-refractivity contribution in [1.29, 1.82) is 0 Å². The number of imide groups is 1. The number of urea groups is 1. The van der Waals surface area contributed by atoms with Crippen LogP contribution >= 0.6 is 11.6 Å². The van der Waals surface area contributed by atoms with Crippen LogP contribution in [-0.2, 0) is 11.3 Å². The molecule has 2 aromatic rings. The Morgan fingerprint density at radius 1 is 1.19 bits per heavy atom. The lowest BCUT2D eigenvalue weighted by Gasteiger charge is -2.12. The van der Waals surface area contributed by atoms with Crippen molar-refractivity contribution in [1.82, 2.24) is 10.2 Å². The Balaban J connectivity index is 1.87. The number of nitrogens with zero attached hydrogens (tertiary/aromatic N) is 1. The molecule has 0 spiro atoms. The number of hydrogen-bond donors (Lipinski definition) is 1. The molecule has 1 fully saturated rings. The smallest absolute Gasteiger partial charge is 0.329 e. The molecular formula is C20H19ClN2O3. The van der Waals surface area contributed by atoms with E-state index in [4.69, 9.17) is 16.3 Å². The van der Waals surface area contributed by atoms with Gasteiger partial charge in [-0.2, -0.15) is 0 Å². The molecule has 0 unspecified atom stereocenters. The Hall–Kier alpha value is -2.79. The summed E-state index contributed by atoms with van der Waals surface area (Å²) in [7, 11) is 0. The predicted octanol–water partition coefficient (Wildman–Crippen LogP) is 4.14.